The van der Waals surface area contributed by atoms with E-state index in [9.17, 15) is 0 Å². The fraction of sp³-hybridized carbons (Fsp3) is 0.467. The predicted molar refractivity (Wildman–Crippen MR) is 69.1 cm³/mol. The van der Waals surface area contributed by atoms with Crippen LogP contribution in [0, 0.1) is 12.3 Å². The fourth-order valence-corrected chi connectivity index (χ4v) is 1.53. The van der Waals surface area contributed by atoms with Gasteiger partial charge in [-0.2, -0.15) is 0 Å². The van der Waals surface area contributed by atoms with Gasteiger partial charge in [-0.1, -0.05) is 43.2 Å². The van der Waals surface area contributed by atoms with Gasteiger partial charge in [0, 0.05) is 0 Å². The highest BCUT2D eigenvalue weighted by atomic mass is 16.6. The van der Waals surface area contributed by atoms with Gasteiger partial charge < -0.3 is 4.74 Å². The number of hydrogen-bond acceptors (Lipinski definition) is 1. The van der Waals surface area contributed by atoms with E-state index in [1.165, 1.54) is 0 Å². The van der Waals surface area contributed by atoms with Crippen LogP contribution in [0.1, 0.15) is 32.6 Å². The van der Waals surface area contributed by atoms with Gasteiger partial charge in [-0.15, -0.1) is 6.42 Å². The Bertz CT molecular complexity index is 304. The van der Waals surface area contributed by atoms with Crippen molar-refractivity contribution < 1.29 is 4.74 Å². The standard InChI is InChI=1S/C15H20O/c1-3-5-7-8-9-11-13-15-14(16-15)12-10-6-4-2/h2,5-7,9-11,14-15H,3,8,12-13H2,1H3/b7-5+,10-6+,11-9+/t14-,15+/m0/s1. The van der Waals surface area contributed by atoms with Gasteiger partial charge in [0.25, 0.3) is 0 Å². The number of rotatable bonds is 7. The van der Waals surface area contributed by atoms with Crippen LogP contribution in [0.2, 0.25) is 0 Å². The zero-order valence-corrected chi connectivity index (χ0v) is 9.93. The van der Waals surface area contributed by atoms with Gasteiger partial charge in [0.2, 0.25) is 0 Å². The van der Waals surface area contributed by atoms with Gasteiger partial charge >= 0.3 is 0 Å². The van der Waals surface area contributed by atoms with Crippen molar-refractivity contribution in [2.75, 3.05) is 0 Å². The number of epoxide rings is 1. The summed E-state index contributed by atoms with van der Waals surface area (Å²) in [7, 11) is 0. The molecule has 0 N–H and O–H groups in total. The predicted octanol–water partition coefficient (Wildman–Crippen LogP) is 3.64. The van der Waals surface area contributed by atoms with Crippen molar-refractivity contribution >= 4 is 0 Å². The molecule has 0 aromatic rings. The van der Waals surface area contributed by atoms with Crippen molar-refractivity contribution in [3.8, 4) is 12.3 Å². The molecule has 1 fully saturated rings. The summed E-state index contributed by atoms with van der Waals surface area (Å²) >= 11 is 0. The summed E-state index contributed by atoms with van der Waals surface area (Å²) in [5.41, 5.74) is 0. The highest BCUT2D eigenvalue weighted by Crippen LogP contribution is 2.28. The van der Waals surface area contributed by atoms with Crippen LogP contribution in [0.5, 0.6) is 0 Å². The highest BCUT2D eigenvalue weighted by Gasteiger charge is 2.35. The molecule has 1 aliphatic rings. The molecule has 1 heterocycles. The Balaban J connectivity index is 2.02. The quantitative estimate of drug-likeness (QED) is 0.359. The average Bonchev–Trinajstić information content (AvgIpc) is 3.03. The summed E-state index contributed by atoms with van der Waals surface area (Å²) in [5.74, 6) is 2.48. The Kier molecular flexibility index (Phi) is 6.37. The molecule has 0 saturated carbocycles. The van der Waals surface area contributed by atoms with E-state index in [1.807, 2.05) is 6.08 Å². The molecule has 0 unspecified atom stereocenters. The lowest BCUT2D eigenvalue weighted by molar-refractivity contribution is 0.372. The minimum atomic E-state index is 0.389. The summed E-state index contributed by atoms with van der Waals surface area (Å²) in [6.45, 7) is 2.15. The molecule has 1 aliphatic heterocycles. The summed E-state index contributed by atoms with van der Waals surface area (Å²) < 4.78 is 5.50. The van der Waals surface area contributed by atoms with E-state index in [0.717, 1.165) is 25.7 Å². The second-order valence-electron chi connectivity index (χ2n) is 3.84. The van der Waals surface area contributed by atoms with Crippen molar-refractivity contribution in [2.24, 2.45) is 0 Å². The Morgan fingerprint density at radius 3 is 2.44 bits per heavy atom. The third-order valence-corrected chi connectivity index (χ3v) is 2.48. The van der Waals surface area contributed by atoms with Gasteiger partial charge in [-0.05, 0) is 31.8 Å². The maximum atomic E-state index is 5.50. The van der Waals surface area contributed by atoms with Gasteiger partial charge in [0.1, 0.15) is 0 Å². The summed E-state index contributed by atoms with van der Waals surface area (Å²) in [6, 6.07) is 0. The Labute approximate surface area is 98.9 Å². The molecule has 0 spiro atoms. The number of allylic oxidation sites excluding steroid dienone is 4. The van der Waals surface area contributed by atoms with E-state index in [-0.39, 0.29) is 0 Å². The lowest BCUT2D eigenvalue weighted by Crippen LogP contribution is -1.89. The van der Waals surface area contributed by atoms with Gasteiger partial charge in [-0.3, -0.25) is 0 Å². The molecule has 0 amide bonds. The topological polar surface area (TPSA) is 12.5 Å². The second-order valence-corrected chi connectivity index (χ2v) is 3.84. The van der Waals surface area contributed by atoms with E-state index in [4.69, 9.17) is 11.2 Å². The lowest BCUT2D eigenvalue weighted by Gasteiger charge is -1.86. The van der Waals surface area contributed by atoms with E-state index in [2.05, 4.69) is 37.1 Å². The molecule has 0 bridgehead atoms. The molecule has 16 heavy (non-hydrogen) atoms. The smallest absolute Gasteiger partial charge is 0.0879 e. The molecular formula is C15H20O. The van der Waals surface area contributed by atoms with Gasteiger partial charge in [-0.25, -0.2) is 0 Å². The first kappa shape index (κ1) is 12.8. The first-order valence-corrected chi connectivity index (χ1v) is 5.95. The largest absolute Gasteiger partial charge is 0.369 e. The van der Waals surface area contributed by atoms with Crippen LogP contribution in [0.25, 0.3) is 0 Å². The van der Waals surface area contributed by atoms with Crippen molar-refractivity contribution in [1.29, 1.82) is 0 Å². The lowest BCUT2D eigenvalue weighted by atomic mass is 10.1. The van der Waals surface area contributed by atoms with E-state index >= 15 is 0 Å². The molecule has 86 valence electrons. The highest BCUT2D eigenvalue weighted by molar-refractivity contribution is 5.10. The third-order valence-electron chi connectivity index (χ3n) is 2.48. The van der Waals surface area contributed by atoms with Crippen LogP contribution < -0.4 is 0 Å². The summed E-state index contributed by atoms with van der Waals surface area (Å²) in [5, 5.41) is 0. The van der Waals surface area contributed by atoms with Crippen LogP contribution in [-0.2, 0) is 4.74 Å². The van der Waals surface area contributed by atoms with Crippen molar-refractivity contribution in [3.05, 3.63) is 36.5 Å². The molecule has 1 saturated heterocycles. The van der Waals surface area contributed by atoms with Crippen LogP contribution in [0.4, 0.5) is 0 Å². The molecule has 0 radical (unpaired) electrons. The zero-order chi connectivity index (χ0) is 11.6. The molecule has 0 aliphatic carbocycles. The molecule has 1 rings (SSSR count). The van der Waals surface area contributed by atoms with Crippen molar-refractivity contribution in [1.82, 2.24) is 0 Å². The Morgan fingerprint density at radius 2 is 1.75 bits per heavy atom. The van der Waals surface area contributed by atoms with Gasteiger partial charge in [0.15, 0.2) is 0 Å². The molecular weight excluding hydrogens is 196 g/mol. The normalized spacial score (nSPS) is 24.5. The number of terminal acetylenes is 1. The maximum Gasteiger partial charge on any atom is 0.0879 e. The fourth-order valence-electron chi connectivity index (χ4n) is 1.53. The van der Waals surface area contributed by atoms with E-state index < -0.39 is 0 Å². The second kappa shape index (κ2) is 7.96. The van der Waals surface area contributed by atoms with Crippen LogP contribution in [0.15, 0.2) is 36.5 Å². The van der Waals surface area contributed by atoms with Crippen molar-refractivity contribution in [3.63, 3.8) is 0 Å². The summed E-state index contributed by atoms with van der Waals surface area (Å²) in [4.78, 5) is 0. The molecule has 1 heteroatoms. The Hall–Kier alpha value is -1.26. The Morgan fingerprint density at radius 1 is 1.06 bits per heavy atom. The molecule has 1 nitrogen and oxygen atoms in total. The molecule has 0 aromatic heterocycles. The first-order chi connectivity index (χ1) is 7.88. The third kappa shape index (κ3) is 5.58. The minimum absolute atomic E-state index is 0.389. The number of ether oxygens (including phenoxy) is 1. The van der Waals surface area contributed by atoms with Crippen molar-refractivity contribution in [2.45, 2.75) is 44.8 Å². The number of hydrogen-bond donors (Lipinski definition) is 0. The van der Waals surface area contributed by atoms with Crippen LogP contribution in [0.3, 0.4) is 0 Å². The first-order valence-electron chi connectivity index (χ1n) is 5.95. The average molecular weight is 216 g/mol. The SMILES string of the molecule is C#C/C=C/C[C@@H]1O[C@@H]1C/C=C/C/C=C/CC. The monoisotopic (exact) mass is 216 g/mol. The van der Waals surface area contributed by atoms with Gasteiger partial charge in [0.05, 0.1) is 12.2 Å². The van der Waals surface area contributed by atoms with E-state index in [0.29, 0.717) is 12.2 Å². The maximum absolute atomic E-state index is 5.50. The van der Waals surface area contributed by atoms with Crippen LogP contribution in [-0.4, -0.2) is 12.2 Å². The zero-order valence-electron chi connectivity index (χ0n) is 9.93. The van der Waals surface area contributed by atoms with Crippen LogP contribution >= 0.6 is 0 Å². The minimum Gasteiger partial charge on any atom is -0.369 e. The van der Waals surface area contributed by atoms with E-state index in [1.54, 1.807) is 6.08 Å². The summed E-state index contributed by atoms with van der Waals surface area (Å²) in [6.07, 6.45) is 22.5. The molecule has 0 aromatic carbocycles. The molecule has 2 atom stereocenters.